The van der Waals surface area contributed by atoms with Crippen LogP contribution >= 0.6 is 0 Å². The first kappa shape index (κ1) is 15.5. The van der Waals surface area contributed by atoms with Crippen LogP contribution in [-0.2, 0) is 12.8 Å². The molecule has 1 aliphatic heterocycles. The molecule has 112 valence electrons. The van der Waals surface area contributed by atoms with Crippen LogP contribution in [0.3, 0.4) is 0 Å². The average Bonchev–Trinajstić information content (AvgIpc) is 2.65. The van der Waals surface area contributed by atoms with Gasteiger partial charge >= 0.3 is 0 Å². The van der Waals surface area contributed by atoms with E-state index in [-0.39, 0.29) is 0 Å². The topological polar surface area (TPSA) is 15.3 Å². The number of nitrogens with zero attached hydrogens (tertiary/aromatic N) is 1. The maximum Gasteiger partial charge on any atom is 0.00676 e. The van der Waals surface area contributed by atoms with Crippen LogP contribution in [0.5, 0.6) is 0 Å². The minimum atomic E-state index is 0.609. The van der Waals surface area contributed by atoms with Crippen molar-refractivity contribution in [1.29, 1.82) is 0 Å². The van der Waals surface area contributed by atoms with Gasteiger partial charge < -0.3 is 10.2 Å². The minimum Gasteiger partial charge on any atom is -0.315 e. The van der Waals surface area contributed by atoms with Gasteiger partial charge in [-0.1, -0.05) is 38.1 Å². The highest BCUT2D eigenvalue weighted by molar-refractivity contribution is 5.28. The number of benzene rings is 1. The highest BCUT2D eigenvalue weighted by Gasteiger charge is 2.17. The predicted molar refractivity (Wildman–Crippen MR) is 87.3 cm³/mol. The minimum absolute atomic E-state index is 0.609. The molecule has 0 radical (unpaired) electrons. The second kappa shape index (κ2) is 7.80. The molecule has 2 heteroatoms. The molecule has 1 unspecified atom stereocenters. The SMILES string of the molecule is CC(C)NCCCC(C)N1CCc2ccccc2CC1. The number of hydrogen-bond acceptors (Lipinski definition) is 2. The largest absolute Gasteiger partial charge is 0.315 e. The summed E-state index contributed by atoms with van der Waals surface area (Å²) in [5, 5.41) is 3.51. The molecule has 2 rings (SSSR count). The first-order valence-corrected chi connectivity index (χ1v) is 8.21. The third-order valence-electron chi connectivity index (χ3n) is 4.43. The summed E-state index contributed by atoms with van der Waals surface area (Å²) in [5.41, 5.74) is 3.12. The second-order valence-electron chi connectivity index (χ2n) is 6.40. The fourth-order valence-corrected chi connectivity index (χ4v) is 3.10. The maximum atomic E-state index is 3.51. The van der Waals surface area contributed by atoms with Crippen LogP contribution in [0.2, 0.25) is 0 Å². The van der Waals surface area contributed by atoms with Crippen molar-refractivity contribution < 1.29 is 0 Å². The van der Waals surface area contributed by atoms with Gasteiger partial charge in [0.05, 0.1) is 0 Å². The molecule has 0 aliphatic carbocycles. The summed E-state index contributed by atoms with van der Waals surface area (Å²) in [6.07, 6.45) is 5.01. The summed E-state index contributed by atoms with van der Waals surface area (Å²) in [7, 11) is 0. The third kappa shape index (κ3) is 4.60. The number of rotatable bonds is 6. The molecule has 0 saturated heterocycles. The van der Waals surface area contributed by atoms with E-state index in [1.54, 1.807) is 11.1 Å². The Morgan fingerprint density at radius 2 is 1.65 bits per heavy atom. The molecule has 1 aliphatic rings. The summed E-state index contributed by atoms with van der Waals surface area (Å²) in [4.78, 5) is 2.68. The Morgan fingerprint density at radius 3 is 2.20 bits per heavy atom. The zero-order valence-corrected chi connectivity index (χ0v) is 13.4. The summed E-state index contributed by atoms with van der Waals surface area (Å²) < 4.78 is 0. The number of hydrogen-bond donors (Lipinski definition) is 1. The van der Waals surface area contributed by atoms with Crippen molar-refractivity contribution in [1.82, 2.24) is 10.2 Å². The zero-order chi connectivity index (χ0) is 14.4. The van der Waals surface area contributed by atoms with Crippen molar-refractivity contribution in [2.24, 2.45) is 0 Å². The first-order valence-electron chi connectivity index (χ1n) is 8.21. The van der Waals surface area contributed by atoms with Crippen LogP contribution in [0.25, 0.3) is 0 Å². The lowest BCUT2D eigenvalue weighted by Gasteiger charge is -2.27. The van der Waals surface area contributed by atoms with Crippen LogP contribution in [0, 0.1) is 0 Å². The van der Waals surface area contributed by atoms with Crippen molar-refractivity contribution in [2.75, 3.05) is 19.6 Å². The molecule has 0 aromatic heterocycles. The first-order chi connectivity index (χ1) is 9.66. The monoisotopic (exact) mass is 274 g/mol. The van der Waals surface area contributed by atoms with E-state index in [2.05, 4.69) is 55.3 Å². The fraction of sp³-hybridized carbons (Fsp3) is 0.667. The van der Waals surface area contributed by atoms with Gasteiger partial charge in [0.2, 0.25) is 0 Å². The standard InChI is InChI=1S/C18H30N2/c1-15(2)19-12-6-7-16(3)20-13-10-17-8-4-5-9-18(17)11-14-20/h4-5,8-9,15-16,19H,6-7,10-14H2,1-3H3. The molecular formula is C18H30N2. The van der Waals surface area contributed by atoms with E-state index in [4.69, 9.17) is 0 Å². The van der Waals surface area contributed by atoms with E-state index in [1.807, 2.05) is 0 Å². The fourth-order valence-electron chi connectivity index (χ4n) is 3.10. The van der Waals surface area contributed by atoms with Gasteiger partial charge in [-0.25, -0.2) is 0 Å². The Kier molecular flexibility index (Phi) is 6.06. The lowest BCUT2D eigenvalue weighted by Crippen LogP contribution is -2.36. The Bertz CT molecular complexity index is 373. The molecule has 1 aromatic rings. The molecule has 1 aromatic carbocycles. The molecule has 2 nitrogen and oxygen atoms in total. The molecule has 0 fully saturated rings. The molecule has 0 bridgehead atoms. The molecule has 20 heavy (non-hydrogen) atoms. The van der Waals surface area contributed by atoms with Crippen LogP contribution in [-0.4, -0.2) is 36.6 Å². The van der Waals surface area contributed by atoms with Gasteiger partial charge in [0, 0.05) is 25.2 Å². The number of fused-ring (bicyclic) bond motifs is 1. The molecule has 1 atom stereocenters. The highest BCUT2D eigenvalue weighted by Crippen LogP contribution is 2.18. The highest BCUT2D eigenvalue weighted by atomic mass is 15.1. The van der Waals surface area contributed by atoms with Crippen molar-refractivity contribution in [3.63, 3.8) is 0 Å². The van der Waals surface area contributed by atoms with Gasteiger partial charge in [0.1, 0.15) is 0 Å². The summed E-state index contributed by atoms with van der Waals surface area (Å²) in [5.74, 6) is 0. The van der Waals surface area contributed by atoms with Gasteiger partial charge in [-0.05, 0) is 50.3 Å². The van der Waals surface area contributed by atoms with E-state index in [0.29, 0.717) is 12.1 Å². The van der Waals surface area contributed by atoms with E-state index in [9.17, 15) is 0 Å². The van der Waals surface area contributed by atoms with E-state index >= 15 is 0 Å². The average molecular weight is 274 g/mol. The maximum absolute atomic E-state index is 3.51. The van der Waals surface area contributed by atoms with Gasteiger partial charge in [-0.15, -0.1) is 0 Å². The lowest BCUT2D eigenvalue weighted by molar-refractivity contribution is 0.206. The van der Waals surface area contributed by atoms with Crippen molar-refractivity contribution in [3.8, 4) is 0 Å². The molecule has 0 spiro atoms. The molecule has 1 N–H and O–H groups in total. The van der Waals surface area contributed by atoms with Crippen LogP contribution in [0.1, 0.15) is 44.7 Å². The molecule has 0 saturated carbocycles. The molecule has 1 heterocycles. The van der Waals surface area contributed by atoms with Gasteiger partial charge in [-0.3, -0.25) is 0 Å². The Hall–Kier alpha value is -0.860. The lowest BCUT2D eigenvalue weighted by atomic mass is 10.0. The summed E-state index contributed by atoms with van der Waals surface area (Å²) in [6, 6.07) is 10.3. The smallest absolute Gasteiger partial charge is 0.00676 e. The summed E-state index contributed by atoms with van der Waals surface area (Å²) >= 11 is 0. The quantitative estimate of drug-likeness (QED) is 0.801. The predicted octanol–water partition coefficient (Wildman–Crippen LogP) is 3.25. The normalized spacial score (nSPS) is 17.8. The van der Waals surface area contributed by atoms with Crippen molar-refractivity contribution in [2.45, 2.75) is 58.5 Å². The van der Waals surface area contributed by atoms with Crippen molar-refractivity contribution >= 4 is 0 Å². The Labute approximate surface area is 124 Å². The van der Waals surface area contributed by atoms with E-state index in [1.165, 1.54) is 38.8 Å². The van der Waals surface area contributed by atoms with Crippen LogP contribution < -0.4 is 5.32 Å². The Morgan fingerprint density at radius 1 is 1.05 bits per heavy atom. The zero-order valence-electron chi connectivity index (χ0n) is 13.4. The van der Waals surface area contributed by atoms with Gasteiger partial charge in [0.15, 0.2) is 0 Å². The third-order valence-corrected chi connectivity index (χ3v) is 4.43. The van der Waals surface area contributed by atoms with E-state index < -0.39 is 0 Å². The molecular weight excluding hydrogens is 244 g/mol. The van der Waals surface area contributed by atoms with Gasteiger partial charge in [0.25, 0.3) is 0 Å². The molecule has 0 amide bonds. The van der Waals surface area contributed by atoms with E-state index in [0.717, 1.165) is 6.54 Å². The van der Waals surface area contributed by atoms with Crippen LogP contribution in [0.4, 0.5) is 0 Å². The van der Waals surface area contributed by atoms with Gasteiger partial charge in [-0.2, -0.15) is 0 Å². The van der Waals surface area contributed by atoms with Crippen LogP contribution in [0.15, 0.2) is 24.3 Å². The Balaban J connectivity index is 1.77. The van der Waals surface area contributed by atoms with Crippen molar-refractivity contribution in [3.05, 3.63) is 35.4 Å². The summed E-state index contributed by atoms with van der Waals surface area (Å²) in [6.45, 7) is 10.4. The second-order valence-corrected chi connectivity index (χ2v) is 6.40. The number of nitrogens with one attached hydrogen (secondary N) is 1.